The van der Waals surface area contributed by atoms with Gasteiger partial charge in [0.15, 0.2) is 0 Å². The Morgan fingerprint density at radius 2 is 2.09 bits per heavy atom. The van der Waals surface area contributed by atoms with Crippen LogP contribution in [0.5, 0.6) is 0 Å². The lowest BCUT2D eigenvalue weighted by molar-refractivity contribution is 0.479. The highest BCUT2D eigenvalue weighted by atomic mass is 15.0. The Labute approximate surface area is 136 Å². The molecule has 0 spiro atoms. The maximum absolute atomic E-state index is 4.32. The summed E-state index contributed by atoms with van der Waals surface area (Å²) in [7, 11) is 0. The van der Waals surface area contributed by atoms with Crippen molar-refractivity contribution < 1.29 is 0 Å². The summed E-state index contributed by atoms with van der Waals surface area (Å²) >= 11 is 0. The smallest absolute Gasteiger partial charge is 0.0443 e. The zero-order valence-corrected chi connectivity index (χ0v) is 13.2. The Balaban J connectivity index is 1.74. The Morgan fingerprint density at radius 3 is 2.91 bits per heavy atom. The number of hydrogen-bond donors (Lipinski definition) is 3. The number of nitrogens with one attached hydrogen (secondary N) is 3. The minimum atomic E-state index is 0.535. The van der Waals surface area contributed by atoms with Gasteiger partial charge in [0.05, 0.1) is 0 Å². The zero-order valence-electron chi connectivity index (χ0n) is 13.2. The number of piperidine rings is 1. The quantitative estimate of drug-likeness (QED) is 0.816. The third-order valence-electron chi connectivity index (χ3n) is 4.61. The lowest BCUT2D eigenvalue weighted by Crippen LogP contribution is -2.35. The minimum absolute atomic E-state index is 0.535. The van der Waals surface area contributed by atoms with Crippen molar-refractivity contribution in [3.8, 4) is 0 Å². The second-order valence-corrected chi connectivity index (χ2v) is 6.19. The van der Waals surface area contributed by atoms with Gasteiger partial charge in [-0.1, -0.05) is 6.08 Å². The predicted molar refractivity (Wildman–Crippen MR) is 96.4 cm³/mol. The van der Waals surface area contributed by atoms with Crippen molar-refractivity contribution in [3.05, 3.63) is 54.5 Å². The fourth-order valence-electron chi connectivity index (χ4n) is 3.34. The predicted octanol–water partition coefficient (Wildman–Crippen LogP) is 2.90. The molecule has 1 aromatic heterocycles. The molecule has 23 heavy (non-hydrogen) atoms. The van der Waals surface area contributed by atoms with Crippen LogP contribution in [0.25, 0.3) is 16.3 Å². The average Bonchev–Trinajstić information content (AvgIpc) is 2.63. The molecule has 0 bridgehead atoms. The molecular formula is C19H22N4. The van der Waals surface area contributed by atoms with Crippen molar-refractivity contribution in [1.29, 1.82) is 0 Å². The summed E-state index contributed by atoms with van der Waals surface area (Å²) in [6.45, 7) is 3.07. The van der Waals surface area contributed by atoms with E-state index in [0.717, 1.165) is 19.6 Å². The molecule has 0 aliphatic carbocycles. The van der Waals surface area contributed by atoms with Crippen LogP contribution >= 0.6 is 0 Å². The van der Waals surface area contributed by atoms with Gasteiger partial charge in [-0.2, -0.15) is 0 Å². The van der Waals surface area contributed by atoms with Crippen LogP contribution in [-0.2, 0) is 0 Å². The van der Waals surface area contributed by atoms with Crippen molar-refractivity contribution in [2.45, 2.75) is 18.9 Å². The second kappa shape index (κ2) is 6.42. The van der Waals surface area contributed by atoms with E-state index in [-0.39, 0.29) is 0 Å². The summed E-state index contributed by atoms with van der Waals surface area (Å²) in [6.07, 6.45) is 12.6. The van der Waals surface area contributed by atoms with Gasteiger partial charge in [0, 0.05) is 36.1 Å². The molecule has 0 unspecified atom stereocenters. The molecule has 4 rings (SSSR count). The van der Waals surface area contributed by atoms with Crippen LogP contribution in [0.15, 0.2) is 48.9 Å². The minimum Gasteiger partial charge on any atom is -0.387 e. The van der Waals surface area contributed by atoms with Gasteiger partial charge >= 0.3 is 0 Å². The number of rotatable bonds is 3. The molecule has 4 nitrogen and oxygen atoms in total. The summed E-state index contributed by atoms with van der Waals surface area (Å²) in [5.74, 6) is 0. The van der Waals surface area contributed by atoms with Crippen LogP contribution in [0, 0.1) is 0 Å². The highest BCUT2D eigenvalue weighted by Gasteiger charge is 2.15. The molecule has 2 aromatic rings. The van der Waals surface area contributed by atoms with Crippen molar-refractivity contribution in [2.75, 3.05) is 25.0 Å². The maximum Gasteiger partial charge on any atom is 0.0443 e. The summed E-state index contributed by atoms with van der Waals surface area (Å²) in [4.78, 5) is 4.32. The lowest BCUT2D eigenvalue weighted by atomic mass is 9.98. The first-order valence-corrected chi connectivity index (χ1v) is 8.36. The average molecular weight is 306 g/mol. The molecule has 3 heterocycles. The number of anilines is 1. The lowest BCUT2D eigenvalue weighted by Gasteiger charge is -2.26. The van der Waals surface area contributed by atoms with Crippen molar-refractivity contribution in [3.63, 3.8) is 0 Å². The number of aromatic nitrogens is 1. The van der Waals surface area contributed by atoms with E-state index in [1.165, 1.54) is 40.4 Å². The van der Waals surface area contributed by atoms with Crippen molar-refractivity contribution >= 4 is 22.0 Å². The molecule has 3 N–H and O–H groups in total. The van der Waals surface area contributed by atoms with Crippen molar-refractivity contribution in [1.82, 2.24) is 15.6 Å². The number of fused-ring (bicyclic) bond motifs is 1. The van der Waals surface area contributed by atoms with Gasteiger partial charge in [0.1, 0.15) is 0 Å². The molecule has 0 amide bonds. The summed E-state index contributed by atoms with van der Waals surface area (Å²) < 4.78 is 0. The normalized spacial score (nSPS) is 18.5. The van der Waals surface area contributed by atoms with E-state index in [4.69, 9.17) is 0 Å². The van der Waals surface area contributed by atoms with Gasteiger partial charge < -0.3 is 16.0 Å². The van der Waals surface area contributed by atoms with Gasteiger partial charge in [-0.15, -0.1) is 0 Å². The summed E-state index contributed by atoms with van der Waals surface area (Å²) in [6, 6.07) is 7.16. The fourth-order valence-corrected chi connectivity index (χ4v) is 3.34. The van der Waals surface area contributed by atoms with E-state index in [1.54, 1.807) is 0 Å². The van der Waals surface area contributed by atoms with Gasteiger partial charge in [0.2, 0.25) is 0 Å². The molecular weight excluding hydrogens is 284 g/mol. The van der Waals surface area contributed by atoms with Gasteiger partial charge in [0.25, 0.3) is 0 Å². The number of benzene rings is 1. The van der Waals surface area contributed by atoms with Gasteiger partial charge in [-0.3, -0.25) is 4.98 Å². The van der Waals surface area contributed by atoms with E-state index in [1.807, 2.05) is 18.6 Å². The summed E-state index contributed by atoms with van der Waals surface area (Å²) in [5.41, 5.74) is 3.74. The Hall–Kier alpha value is -2.33. The third-order valence-corrected chi connectivity index (χ3v) is 4.61. The molecule has 0 saturated carbocycles. The van der Waals surface area contributed by atoms with Crippen LogP contribution in [-0.4, -0.2) is 30.7 Å². The highest BCUT2D eigenvalue weighted by Crippen LogP contribution is 2.30. The maximum atomic E-state index is 4.32. The number of hydrogen-bond acceptors (Lipinski definition) is 4. The van der Waals surface area contributed by atoms with E-state index in [0.29, 0.717) is 6.04 Å². The first kappa shape index (κ1) is 14.3. The SMILES string of the molecule is C1=CC(c2cc(NC3CCNCC3)c3cnccc3c2)=CCN1. The van der Waals surface area contributed by atoms with E-state index in [2.05, 4.69) is 51.3 Å². The zero-order chi connectivity index (χ0) is 15.5. The van der Waals surface area contributed by atoms with Crippen LogP contribution in [0.4, 0.5) is 5.69 Å². The van der Waals surface area contributed by atoms with Crippen LogP contribution < -0.4 is 16.0 Å². The molecule has 4 heteroatoms. The second-order valence-electron chi connectivity index (χ2n) is 6.19. The fraction of sp³-hybridized carbons (Fsp3) is 0.316. The van der Waals surface area contributed by atoms with Gasteiger partial charge in [-0.25, -0.2) is 0 Å². The summed E-state index contributed by atoms with van der Waals surface area (Å²) in [5, 5.41) is 12.8. The first-order valence-electron chi connectivity index (χ1n) is 8.36. The molecule has 118 valence electrons. The Bertz CT molecular complexity index is 757. The standard InChI is InChI=1S/C19H22N4/c1-6-20-7-2-14(1)16-11-15-3-8-22-13-18(15)19(12-16)23-17-4-9-21-10-5-17/h1-3,6,8,11-13,17,20-21,23H,4-5,7,9-10H2. The molecule has 2 aliphatic rings. The third kappa shape index (κ3) is 3.08. The largest absolute Gasteiger partial charge is 0.387 e. The van der Waals surface area contributed by atoms with E-state index < -0.39 is 0 Å². The van der Waals surface area contributed by atoms with E-state index in [9.17, 15) is 0 Å². The highest BCUT2D eigenvalue weighted by molar-refractivity contribution is 5.97. The number of pyridine rings is 1. The molecule has 0 atom stereocenters. The molecule has 1 saturated heterocycles. The monoisotopic (exact) mass is 306 g/mol. The Morgan fingerprint density at radius 1 is 1.17 bits per heavy atom. The van der Waals surface area contributed by atoms with Crippen molar-refractivity contribution in [2.24, 2.45) is 0 Å². The molecule has 1 aromatic carbocycles. The topological polar surface area (TPSA) is 49.0 Å². The van der Waals surface area contributed by atoms with Crippen LogP contribution in [0.2, 0.25) is 0 Å². The molecule has 1 fully saturated rings. The number of dihydropyridines is 1. The molecule has 2 aliphatic heterocycles. The van der Waals surface area contributed by atoms with Crippen LogP contribution in [0.1, 0.15) is 18.4 Å². The first-order chi connectivity index (χ1) is 11.4. The Kier molecular flexibility index (Phi) is 3.99. The number of nitrogens with zero attached hydrogens (tertiary/aromatic N) is 1. The molecule has 0 radical (unpaired) electrons. The van der Waals surface area contributed by atoms with E-state index >= 15 is 0 Å². The van der Waals surface area contributed by atoms with Crippen LogP contribution in [0.3, 0.4) is 0 Å². The number of allylic oxidation sites excluding steroid dienone is 2. The van der Waals surface area contributed by atoms with Gasteiger partial charge in [-0.05, 0) is 72.9 Å².